The molecule has 2 N–H and O–H groups in total. The topological polar surface area (TPSA) is 32.5 Å². The van der Waals surface area contributed by atoms with Crippen molar-refractivity contribution in [3.8, 4) is 0 Å². The zero-order chi connectivity index (χ0) is 13.1. The van der Waals surface area contributed by atoms with Gasteiger partial charge in [-0.25, -0.2) is 8.78 Å². The molecule has 1 aromatic rings. The van der Waals surface area contributed by atoms with Crippen LogP contribution in [0.1, 0.15) is 11.6 Å². The molecular weight excluding hydrogens is 236 g/mol. The highest BCUT2D eigenvalue weighted by Gasteiger charge is 2.20. The van der Waals surface area contributed by atoms with Crippen molar-refractivity contribution in [2.24, 2.45) is 5.73 Å². The number of halogens is 2. The first-order valence-corrected chi connectivity index (χ1v) is 6.18. The summed E-state index contributed by atoms with van der Waals surface area (Å²) in [6.45, 7) is 4.37. The molecule has 0 aliphatic carbocycles. The van der Waals surface area contributed by atoms with Crippen molar-refractivity contribution < 1.29 is 8.78 Å². The van der Waals surface area contributed by atoms with Gasteiger partial charge in [-0.2, -0.15) is 0 Å². The molecule has 1 fully saturated rings. The Bertz CT molecular complexity index is 403. The molecule has 1 atom stereocenters. The summed E-state index contributed by atoms with van der Waals surface area (Å²) in [6.07, 6.45) is 0. The molecule has 2 rings (SSSR count). The van der Waals surface area contributed by atoms with Gasteiger partial charge in [-0.1, -0.05) is 12.1 Å². The van der Waals surface area contributed by atoms with Gasteiger partial charge in [0, 0.05) is 44.3 Å². The number of nitrogens with two attached hydrogens (primary N) is 1. The van der Waals surface area contributed by atoms with E-state index in [1.165, 1.54) is 6.07 Å². The Labute approximate surface area is 106 Å². The average molecular weight is 255 g/mol. The zero-order valence-corrected chi connectivity index (χ0v) is 10.6. The van der Waals surface area contributed by atoms with Crippen molar-refractivity contribution in [1.82, 2.24) is 9.80 Å². The second-order valence-electron chi connectivity index (χ2n) is 4.85. The van der Waals surface area contributed by atoms with Gasteiger partial charge in [0.2, 0.25) is 0 Å². The van der Waals surface area contributed by atoms with Crippen LogP contribution in [0.15, 0.2) is 18.2 Å². The van der Waals surface area contributed by atoms with Crippen LogP contribution in [0, 0.1) is 11.6 Å². The third-order valence-electron chi connectivity index (χ3n) is 3.43. The lowest BCUT2D eigenvalue weighted by molar-refractivity contribution is 0.147. The second kappa shape index (κ2) is 5.73. The van der Waals surface area contributed by atoms with E-state index in [1.54, 1.807) is 6.07 Å². The highest BCUT2D eigenvalue weighted by Crippen LogP contribution is 2.18. The van der Waals surface area contributed by atoms with Crippen LogP contribution < -0.4 is 5.73 Å². The van der Waals surface area contributed by atoms with Gasteiger partial charge in [0.15, 0.2) is 11.6 Å². The van der Waals surface area contributed by atoms with Gasteiger partial charge in [-0.15, -0.1) is 0 Å². The van der Waals surface area contributed by atoms with E-state index in [2.05, 4.69) is 16.8 Å². The Hall–Kier alpha value is -1.04. The number of likely N-dealkylation sites (N-methyl/N-ethyl adjacent to an activating group) is 1. The summed E-state index contributed by atoms with van der Waals surface area (Å²) in [5.74, 6) is -1.65. The van der Waals surface area contributed by atoms with Crippen LogP contribution in [0.2, 0.25) is 0 Å². The van der Waals surface area contributed by atoms with E-state index in [1.807, 2.05) is 0 Å². The first kappa shape index (κ1) is 13.4. The predicted molar refractivity (Wildman–Crippen MR) is 67.2 cm³/mol. The Morgan fingerprint density at radius 2 is 1.89 bits per heavy atom. The fraction of sp³-hybridized carbons (Fsp3) is 0.538. The van der Waals surface area contributed by atoms with E-state index in [-0.39, 0.29) is 5.56 Å². The van der Waals surface area contributed by atoms with Crippen molar-refractivity contribution in [3.63, 3.8) is 0 Å². The summed E-state index contributed by atoms with van der Waals surface area (Å²) in [6, 6.07) is 3.68. The molecule has 1 unspecified atom stereocenters. The number of nitrogens with zero attached hydrogens (tertiary/aromatic N) is 2. The van der Waals surface area contributed by atoms with Crippen molar-refractivity contribution in [2.45, 2.75) is 6.04 Å². The molecule has 1 heterocycles. The monoisotopic (exact) mass is 255 g/mol. The smallest absolute Gasteiger partial charge is 0.163 e. The lowest BCUT2D eigenvalue weighted by Crippen LogP contribution is -2.46. The minimum absolute atomic E-state index is 0.258. The fourth-order valence-corrected chi connectivity index (χ4v) is 2.21. The first-order chi connectivity index (χ1) is 8.58. The van der Waals surface area contributed by atoms with Gasteiger partial charge >= 0.3 is 0 Å². The highest BCUT2D eigenvalue weighted by atomic mass is 19.2. The van der Waals surface area contributed by atoms with Gasteiger partial charge in [0.1, 0.15) is 0 Å². The van der Waals surface area contributed by atoms with E-state index < -0.39 is 17.7 Å². The first-order valence-electron chi connectivity index (χ1n) is 6.18. The van der Waals surface area contributed by atoms with Gasteiger partial charge in [0.25, 0.3) is 0 Å². The van der Waals surface area contributed by atoms with Crippen molar-refractivity contribution in [2.75, 3.05) is 39.8 Å². The summed E-state index contributed by atoms with van der Waals surface area (Å²) in [4.78, 5) is 4.43. The SMILES string of the molecule is CN1CCN(CC(N)c2cccc(F)c2F)CC1. The van der Waals surface area contributed by atoms with Crippen molar-refractivity contribution >= 4 is 0 Å². The van der Waals surface area contributed by atoms with E-state index in [0.29, 0.717) is 6.54 Å². The molecule has 1 aliphatic rings. The molecule has 0 aromatic heterocycles. The molecule has 1 aromatic carbocycles. The maximum Gasteiger partial charge on any atom is 0.163 e. The van der Waals surface area contributed by atoms with Gasteiger partial charge < -0.3 is 10.6 Å². The van der Waals surface area contributed by atoms with Crippen LogP contribution in [0.4, 0.5) is 8.78 Å². The molecule has 18 heavy (non-hydrogen) atoms. The average Bonchev–Trinajstić information content (AvgIpc) is 2.35. The van der Waals surface area contributed by atoms with Crippen LogP contribution in [0.25, 0.3) is 0 Å². The molecule has 0 radical (unpaired) electrons. The molecule has 0 saturated carbocycles. The molecule has 0 bridgehead atoms. The molecule has 100 valence electrons. The lowest BCUT2D eigenvalue weighted by atomic mass is 10.1. The standard InChI is InChI=1S/C13H19F2N3/c1-17-5-7-18(8-6-17)9-12(16)10-3-2-4-11(14)13(10)15/h2-4,12H,5-9,16H2,1H3. The third-order valence-corrected chi connectivity index (χ3v) is 3.43. The fourth-order valence-electron chi connectivity index (χ4n) is 2.21. The van der Waals surface area contributed by atoms with Crippen LogP contribution in [-0.2, 0) is 0 Å². The maximum absolute atomic E-state index is 13.6. The summed E-state index contributed by atoms with van der Waals surface area (Å²) in [5, 5.41) is 0. The highest BCUT2D eigenvalue weighted by molar-refractivity contribution is 5.22. The Kier molecular flexibility index (Phi) is 4.27. The van der Waals surface area contributed by atoms with Crippen LogP contribution >= 0.6 is 0 Å². The van der Waals surface area contributed by atoms with E-state index in [0.717, 1.165) is 32.2 Å². The van der Waals surface area contributed by atoms with Gasteiger partial charge in [-0.3, -0.25) is 4.90 Å². The molecular formula is C13H19F2N3. The van der Waals surface area contributed by atoms with Crippen LogP contribution in [0.3, 0.4) is 0 Å². The Morgan fingerprint density at radius 3 is 2.56 bits per heavy atom. The normalized spacial score (nSPS) is 20.0. The number of hydrogen-bond donors (Lipinski definition) is 1. The molecule has 0 amide bonds. The van der Waals surface area contributed by atoms with Gasteiger partial charge in [-0.05, 0) is 13.1 Å². The quantitative estimate of drug-likeness (QED) is 0.881. The van der Waals surface area contributed by atoms with E-state index in [4.69, 9.17) is 5.73 Å². The third kappa shape index (κ3) is 3.04. The van der Waals surface area contributed by atoms with E-state index in [9.17, 15) is 8.78 Å². The van der Waals surface area contributed by atoms with Crippen LogP contribution in [-0.4, -0.2) is 49.6 Å². The van der Waals surface area contributed by atoms with Crippen molar-refractivity contribution in [3.05, 3.63) is 35.4 Å². The minimum Gasteiger partial charge on any atom is -0.323 e. The summed E-state index contributed by atoms with van der Waals surface area (Å²) >= 11 is 0. The zero-order valence-electron chi connectivity index (χ0n) is 10.6. The number of hydrogen-bond acceptors (Lipinski definition) is 3. The lowest BCUT2D eigenvalue weighted by Gasteiger charge is -2.33. The van der Waals surface area contributed by atoms with Crippen LogP contribution in [0.5, 0.6) is 0 Å². The molecule has 3 nitrogen and oxygen atoms in total. The predicted octanol–water partition coefficient (Wildman–Crippen LogP) is 1.21. The molecule has 1 aliphatic heterocycles. The van der Waals surface area contributed by atoms with Crippen molar-refractivity contribution in [1.29, 1.82) is 0 Å². The maximum atomic E-state index is 13.6. The largest absolute Gasteiger partial charge is 0.323 e. The molecule has 0 spiro atoms. The minimum atomic E-state index is -0.832. The van der Waals surface area contributed by atoms with Gasteiger partial charge in [0.05, 0.1) is 0 Å². The molecule has 5 heteroatoms. The molecule has 1 saturated heterocycles. The second-order valence-corrected chi connectivity index (χ2v) is 4.85. The van der Waals surface area contributed by atoms with E-state index >= 15 is 0 Å². The Morgan fingerprint density at radius 1 is 1.22 bits per heavy atom. The number of benzene rings is 1. The summed E-state index contributed by atoms with van der Waals surface area (Å²) < 4.78 is 26.7. The Balaban J connectivity index is 1.99. The number of rotatable bonds is 3. The summed E-state index contributed by atoms with van der Waals surface area (Å²) in [5.41, 5.74) is 6.23. The number of piperazine rings is 1. The summed E-state index contributed by atoms with van der Waals surface area (Å²) in [7, 11) is 2.07.